The normalized spacial score (nSPS) is 32.6. The number of ether oxygens (including phenoxy) is 1. The summed E-state index contributed by atoms with van der Waals surface area (Å²) in [6, 6.07) is 0. The summed E-state index contributed by atoms with van der Waals surface area (Å²) in [5.41, 5.74) is -0.207. The molecule has 4 heteroatoms. The van der Waals surface area contributed by atoms with Gasteiger partial charge in [0.2, 0.25) is 0 Å². The molecule has 13 heavy (non-hydrogen) atoms. The second-order valence-electron chi connectivity index (χ2n) is 3.65. The minimum absolute atomic E-state index is 0.195. The van der Waals surface area contributed by atoms with Gasteiger partial charge in [-0.2, -0.15) is 0 Å². The third kappa shape index (κ3) is 2.42. The van der Waals surface area contributed by atoms with E-state index >= 15 is 0 Å². The highest BCUT2D eigenvalue weighted by Gasteiger charge is 2.45. The zero-order valence-electron chi connectivity index (χ0n) is 8.17. The lowest BCUT2D eigenvalue weighted by Gasteiger charge is -2.46. The average Bonchev–Trinajstić information content (AvgIpc) is 1.98. The molecule has 0 aromatic carbocycles. The summed E-state index contributed by atoms with van der Waals surface area (Å²) in [4.78, 5) is 10.6. The Hall–Kier alpha value is -0.610. The van der Waals surface area contributed by atoms with Crippen molar-refractivity contribution in [3.8, 4) is 0 Å². The van der Waals surface area contributed by atoms with Gasteiger partial charge in [0.25, 0.3) is 0 Å². The van der Waals surface area contributed by atoms with Crippen LogP contribution in [0.4, 0.5) is 0 Å². The Morgan fingerprint density at radius 3 is 2.69 bits per heavy atom. The van der Waals surface area contributed by atoms with Crippen molar-refractivity contribution in [3.05, 3.63) is 0 Å². The van der Waals surface area contributed by atoms with Crippen molar-refractivity contribution in [1.82, 2.24) is 5.32 Å². The predicted octanol–water partition coefficient (Wildman–Crippen LogP) is 0.618. The molecule has 0 unspecified atom stereocenters. The van der Waals surface area contributed by atoms with Crippen LogP contribution in [0.5, 0.6) is 0 Å². The standard InChI is InChI=1S/C9H17NO3/c1-3-10-9(6-8(11)12)4-7(5-9)13-2/h7,10H,3-6H2,1-2H3,(H,11,12). The van der Waals surface area contributed by atoms with Gasteiger partial charge in [0.1, 0.15) is 0 Å². The maximum absolute atomic E-state index is 10.6. The van der Waals surface area contributed by atoms with E-state index in [-0.39, 0.29) is 18.1 Å². The van der Waals surface area contributed by atoms with E-state index in [0.717, 1.165) is 19.4 Å². The van der Waals surface area contributed by atoms with Crippen molar-refractivity contribution >= 4 is 5.97 Å². The van der Waals surface area contributed by atoms with Crippen LogP contribution >= 0.6 is 0 Å². The predicted molar refractivity (Wildman–Crippen MR) is 48.7 cm³/mol. The van der Waals surface area contributed by atoms with E-state index in [0.29, 0.717) is 0 Å². The number of aliphatic carboxylic acids is 1. The van der Waals surface area contributed by atoms with E-state index in [1.807, 2.05) is 6.92 Å². The zero-order valence-corrected chi connectivity index (χ0v) is 8.17. The van der Waals surface area contributed by atoms with Crippen molar-refractivity contribution < 1.29 is 14.6 Å². The quantitative estimate of drug-likeness (QED) is 0.662. The fourth-order valence-corrected chi connectivity index (χ4v) is 1.99. The first kappa shape index (κ1) is 10.5. The molecule has 1 fully saturated rings. The number of nitrogens with one attached hydrogen (secondary N) is 1. The van der Waals surface area contributed by atoms with Crippen LogP contribution in [0.2, 0.25) is 0 Å². The molecule has 4 nitrogen and oxygen atoms in total. The van der Waals surface area contributed by atoms with Gasteiger partial charge in [0, 0.05) is 12.6 Å². The fraction of sp³-hybridized carbons (Fsp3) is 0.889. The molecule has 0 saturated heterocycles. The summed E-state index contributed by atoms with van der Waals surface area (Å²) in [7, 11) is 1.67. The minimum Gasteiger partial charge on any atom is -0.481 e. The highest BCUT2D eigenvalue weighted by molar-refractivity contribution is 5.68. The molecule has 0 aromatic rings. The molecule has 0 radical (unpaired) electrons. The highest BCUT2D eigenvalue weighted by Crippen LogP contribution is 2.36. The molecule has 1 saturated carbocycles. The van der Waals surface area contributed by atoms with E-state index < -0.39 is 5.97 Å². The van der Waals surface area contributed by atoms with E-state index in [2.05, 4.69) is 5.32 Å². The number of carbonyl (C=O) groups is 1. The third-order valence-corrected chi connectivity index (χ3v) is 2.61. The van der Waals surface area contributed by atoms with Crippen LogP contribution in [0.15, 0.2) is 0 Å². The monoisotopic (exact) mass is 187 g/mol. The van der Waals surface area contributed by atoms with Crippen LogP contribution in [0, 0.1) is 0 Å². The van der Waals surface area contributed by atoms with Gasteiger partial charge in [-0.1, -0.05) is 6.92 Å². The molecule has 0 aliphatic heterocycles. The van der Waals surface area contributed by atoms with E-state index in [1.165, 1.54) is 0 Å². The highest BCUT2D eigenvalue weighted by atomic mass is 16.5. The van der Waals surface area contributed by atoms with Crippen molar-refractivity contribution in [2.45, 2.75) is 37.8 Å². The molecule has 0 spiro atoms. The van der Waals surface area contributed by atoms with E-state index in [4.69, 9.17) is 9.84 Å². The molecule has 1 aliphatic rings. The Labute approximate surface area is 78.3 Å². The van der Waals surface area contributed by atoms with E-state index in [9.17, 15) is 4.79 Å². The zero-order chi connectivity index (χ0) is 9.90. The number of hydrogen-bond acceptors (Lipinski definition) is 3. The van der Waals surface area contributed by atoms with Crippen LogP contribution in [-0.2, 0) is 9.53 Å². The molecule has 0 bridgehead atoms. The van der Waals surface area contributed by atoms with Crippen LogP contribution < -0.4 is 5.32 Å². The Morgan fingerprint density at radius 1 is 1.69 bits per heavy atom. The van der Waals surface area contributed by atoms with Gasteiger partial charge in [0.15, 0.2) is 0 Å². The molecular formula is C9H17NO3. The second-order valence-corrected chi connectivity index (χ2v) is 3.65. The fourth-order valence-electron chi connectivity index (χ4n) is 1.99. The minimum atomic E-state index is -0.740. The van der Waals surface area contributed by atoms with Crippen molar-refractivity contribution in [2.75, 3.05) is 13.7 Å². The average molecular weight is 187 g/mol. The summed E-state index contributed by atoms with van der Waals surface area (Å²) < 4.78 is 5.14. The summed E-state index contributed by atoms with van der Waals surface area (Å²) in [6.45, 7) is 2.80. The van der Waals surface area contributed by atoms with Gasteiger partial charge in [0.05, 0.1) is 12.5 Å². The SMILES string of the molecule is CCNC1(CC(=O)O)CC(OC)C1. The molecular weight excluding hydrogens is 170 g/mol. The van der Waals surface area contributed by atoms with Gasteiger partial charge < -0.3 is 15.2 Å². The number of hydrogen-bond donors (Lipinski definition) is 2. The lowest BCUT2D eigenvalue weighted by atomic mass is 9.72. The lowest BCUT2D eigenvalue weighted by Crippen LogP contribution is -2.59. The Bertz CT molecular complexity index is 187. The summed E-state index contributed by atoms with van der Waals surface area (Å²) in [6.07, 6.45) is 2.05. The Kier molecular flexibility index (Phi) is 3.27. The first-order valence-corrected chi connectivity index (χ1v) is 4.61. The number of methoxy groups -OCH3 is 1. The van der Waals surface area contributed by atoms with Crippen molar-refractivity contribution in [2.24, 2.45) is 0 Å². The van der Waals surface area contributed by atoms with Gasteiger partial charge in [-0.05, 0) is 19.4 Å². The lowest BCUT2D eigenvalue weighted by molar-refractivity contribution is -0.142. The molecule has 1 aliphatic carbocycles. The van der Waals surface area contributed by atoms with Crippen LogP contribution in [-0.4, -0.2) is 36.4 Å². The summed E-state index contributed by atoms with van der Waals surface area (Å²) in [5.74, 6) is -0.740. The van der Waals surface area contributed by atoms with Crippen LogP contribution in [0.1, 0.15) is 26.2 Å². The Morgan fingerprint density at radius 2 is 2.31 bits per heavy atom. The first-order chi connectivity index (χ1) is 6.12. The van der Waals surface area contributed by atoms with Crippen molar-refractivity contribution in [3.63, 3.8) is 0 Å². The molecule has 0 atom stereocenters. The maximum atomic E-state index is 10.6. The smallest absolute Gasteiger partial charge is 0.305 e. The van der Waals surface area contributed by atoms with Gasteiger partial charge in [-0.25, -0.2) is 0 Å². The van der Waals surface area contributed by atoms with Gasteiger partial charge in [-0.3, -0.25) is 4.79 Å². The molecule has 1 rings (SSSR count). The number of rotatable bonds is 5. The summed E-state index contributed by atoms with van der Waals surface area (Å²) in [5, 5.41) is 11.9. The van der Waals surface area contributed by atoms with Crippen molar-refractivity contribution in [1.29, 1.82) is 0 Å². The van der Waals surface area contributed by atoms with E-state index in [1.54, 1.807) is 7.11 Å². The van der Waals surface area contributed by atoms with Gasteiger partial charge >= 0.3 is 5.97 Å². The molecule has 76 valence electrons. The number of carboxylic acid groups (broad SMARTS) is 1. The molecule has 2 N–H and O–H groups in total. The van der Waals surface area contributed by atoms with Crippen LogP contribution in [0.25, 0.3) is 0 Å². The Balaban J connectivity index is 2.44. The topological polar surface area (TPSA) is 58.6 Å². The molecule has 0 heterocycles. The largest absolute Gasteiger partial charge is 0.481 e. The maximum Gasteiger partial charge on any atom is 0.305 e. The molecule has 0 aromatic heterocycles. The van der Waals surface area contributed by atoms with Crippen LogP contribution in [0.3, 0.4) is 0 Å². The third-order valence-electron chi connectivity index (χ3n) is 2.61. The first-order valence-electron chi connectivity index (χ1n) is 4.61. The van der Waals surface area contributed by atoms with Gasteiger partial charge in [-0.15, -0.1) is 0 Å². The summed E-state index contributed by atoms with van der Waals surface area (Å²) >= 11 is 0. The second kappa shape index (κ2) is 4.07. The number of carboxylic acids is 1. The molecule has 0 amide bonds.